The third kappa shape index (κ3) is 3.07. The lowest BCUT2D eigenvalue weighted by Crippen LogP contribution is -2.12. The normalized spacial score (nSPS) is 12.4. The molecule has 0 radical (unpaired) electrons. The molecule has 0 heterocycles. The zero-order valence-corrected chi connectivity index (χ0v) is 9.17. The van der Waals surface area contributed by atoms with Crippen molar-refractivity contribution in [2.24, 2.45) is 5.92 Å². The molecule has 0 aliphatic carbocycles. The first-order valence-corrected chi connectivity index (χ1v) is 5.71. The van der Waals surface area contributed by atoms with E-state index >= 15 is 0 Å². The van der Waals surface area contributed by atoms with Gasteiger partial charge in [-0.3, -0.25) is 4.79 Å². The number of aliphatic carboxylic acids is 1. The number of carboxylic acid groups (broad SMARTS) is 1. The summed E-state index contributed by atoms with van der Waals surface area (Å²) in [6.07, 6.45) is 2.61. The molecule has 1 unspecified atom stereocenters. The van der Waals surface area contributed by atoms with Gasteiger partial charge in [-0.15, -0.1) is 11.8 Å². The molecular formula is C11H14O2S. The van der Waals surface area contributed by atoms with Gasteiger partial charge in [-0.2, -0.15) is 0 Å². The second-order valence-electron chi connectivity index (χ2n) is 3.29. The monoisotopic (exact) mass is 210 g/mol. The average Bonchev–Trinajstić information content (AvgIpc) is 2.18. The maximum absolute atomic E-state index is 10.7. The van der Waals surface area contributed by atoms with Gasteiger partial charge in [-0.25, -0.2) is 0 Å². The fourth-order valence-electron chi connectivity index (χ4n) is 1.24. The molecule has 0 aliphatic heterocycles. The van der Waals surface area contributed by atoms with Crippen LogP contribution in [0.1, 0.15) is 12.5 Å². The largest absolute Gasteiger partial charge is 0.481 e. The molecule has 76 valence electrons. The third-order valence-electron chi connectivity index (χ3n) is 2.10. The summed E-state index contributed by atoms with van der Waals surface area (Å²) < 4.78 is 0. The molecule has 1 aromatic rings. The number of benzene rings is 1. The Bertz CT molecular complexity index is 323. The molecule has 0 saturated carbocycles. The third-order valence-corrected chi connectivity index (χ3v) is 2.82. The molecule has 0 aromatic heterocycles. The highest BCUT2D eigenvalue weighted by Gasteiger charge is 2.11. The van der Waals surface area contributed by atoms with Crippen LogP contribution in [0.4, 0.5) is 0 Å². The fourth-order valence-corrected chi connectivity index (χ4v) is 1.72. The smallest absolute Gasteiger partial charge is 0.306 e. The zero-order chi connectivity index (χ0) is 10.6. The van der Waals surface area contributed by atoms with Crippen molar-refractivity contribution in [1.29, 1.82) is 0 Å². The van der Waals surface area contributed by atoms with Crippen molar-refractivity contribution in [2.75, 3.05) is 6.26 Å². The molecule has 0 amide bonds. The van der Waals surface area contributed by atoms with Crippen LogP contribution in [-0.4, -0.2) is 17.3 Å². The predicted octanol–water partition coefficient (Wildman–Crippen LogP) is 2.67. The van der Waals surface area contributed by atoms with E-state index in [1.54, 1.807) is 18.7 Å². The van der Waals surface area contributed by atoms with Crippen LogP contribution in [0.2, 0.25) is 0 Å². The summed E-state index contributed by atoms with van der Waals surface area (Å²) in [5, 5.41) is 8.76. The fraction of sp³-hybridized carbons (Fsp3) is 0.364. The van der Waals surface area contributed by atoms with E-state index in [1.165, 1.54) is 4.90 Å². The summed E-state index contributed by atoms with van der Waals surface area (Å²) >= 11 is 1.67. The summed E-state index contributed by atoms with van der Waals surface area (Å²) in [5.74, 6) is -1.05. The Morgan fingerprint density at radius 1 is 1.57 bits per heavy atom. The van der Waals surface area contributed by atoms with E-state index in [0.29, 0.717) is 6.42 Å². The minimum absolute atomic E-state index is 0.313. The van der Waals surface area contributed by atoms with E-state index in [0.717, 1.165) is 5.56 Å². The molecule has 0 bridgehead atoms. The molecule has 0 saturated heterocycles. The van der Waals surface area contributed by atoms with Crippen molar-refractivity contribution < 1.29 is 9.90 Å². The Kier molecular flexibility index (Phi) is 4.01. The molecule has 1 rings (SSSR count). The van der Waals surface area contributed by atoms with Gasteiger partial charge < -0.3 is 5.11 Å². The Labute approximate surface area is 88.3 Å². The number of carbonyl (C=O) groups is 1. The van der Waals surface area contributed by atoms with Gasteiger partial charge in [0.2, 0.25) is 0 Å². The maximum Gasteiger partial charge on any atom is 0.306 e. The lowest BCUT2D eigenvalue weighted by Gasteiger charge is -2.06. The van der Waals surface area contributed by atoms with Crippen molar-refractivity contribution in [3.8, 4) is 0 Å². The SMILES string of the molecule is CSc1cccc(CC(C)C(=O)O)c1. The molecule has 2 nitrogen and oxygen atoms in total. The standard InChI is InChI=1S/C11H14O2S/c1-8(11(12)13)6-9-4-3-5-10(7-9)14-2/h3-5,7-8H,6H2,1-2H3,(H,12,13). The van der Waals surface area contributed by atoms with Gasteiger partial charge in [-0.1, -0.05) is 19.1 Å². The summed E-state index contributed by atoms with van der Waals surface area (Å²) in [5.41, 5.74) is 1.09. The van der Waals surface area contributed by atoms with Crippen LogP contribution in [0.15, 0.2) is 29.2 Å². The maximum atomic E-state index is 10.7. The van der Waals surface area contributed by atoms with Crippen molar-refractivity contribution >= 4 is 17.7 Å². The highest BCUT2D eigenvalue weighted by atomic mass is 32.2. The van der Waals surface area contributed by atoms with Crippen LogP contribution < -0.4 is 0 Å². The van der Waals surface area contributed by atoms with E-state index in [1.807, 2.05) is 30.5 Å². The Morgan fingerprint density at radius 3 is 2.86 bits per heavy atom. The van der Waals surface area contributed by atoms with Crippen LogP contribution in [0.3, 0.4) is 0 Å². The van der Waals surface area contributed by atoms with Gasteiger partial charge in [0.25, 0.3) is 0 Å². The van der Waals surface area contributed by atoms with Gasteiger partial charge in [0.1, 0.15) is 0 Å². The summed E-state index contributed by atoms with van der Waals surface area (Å²) in [6, 6.07) is 8.01. The molecule has 1 atom stereocenters. The minimum atomic E-state index is -0.737. The Hall–Kier alpha value is -0.960. The molecule has 0 spiro atoms. The van der Waals surface area contributed by atoms with E-state index in [9.17, 15) is 4.79 Å². The van der Waals surface area contributed by atoms with Gasteiger partial charge in [-0.05, 0) is 30.4 Å². The molecule has 1 N–H and O–H groups in total. The highest BCUT2D eigenvalue weighted by Crippen LogP contribution is 2.18. The summed E-state index contributed by atoms with van der Waals surface area (Å²) in [4.78, 5) is 11.8. The van der Waals surface area contributed by atoms with Crippen LogP contribution in [0.5, 0.6) is 0 Å². The lowest BCUT2D eigenvalue weighted by molar-refractivity contribution is -0.141. The average molecular weight is 210 g/mol. The number of hydrogen-bond acceptors (Lipinski definition) is 2. The number of carboxylic acids is 1. The predicted molar refractivity (Wildman–Crippen MR) is 58.7 cm³/mol. The van der Waals surface area contributed by atoms with E-state index < -0.39 is 5.97 Å². The molecule has 0 aliphatic rings. The first-order chi connectivity index (χ1) is 6.63. The molecule has 0 fully saturated rings. The molecule has 14 heavy (non-hydrogen) atoms. The minimum Gasteiger partial charge on any atom is -0.481 e. The second-order valence-corrected chi connectivity index (χ2v) is 4.17. The van der Waals surface area contributed by atoms with E-state index in [-0.39, 0.29) is 5.92 Å². The van der Waals surface area contributed by atoms with E-state index in [4.69, 9.17) is 5.11 Å². The van der Waals surface area contributed by atoms with Gasteiger partial charge in [0, 0.05) is 4.90 Å². The van der Waals surface area contributed by atoms with Crippen LogP contribution >= 0.6 is 11.8 Å². The summed E-state index contributed by atoms with van der Waals surface area (Å²) in [7, 11) is 0. The van der Waals surface area contributed by atoms with Crippen molar-refractivity contribution in [1.82, 2.24) is 0 Å². The first kappa shape index (κ1) is 11.1. The first-order valence-electron chi connectivity index (χ1n) is 4.49. The number of thioether (sulfide) groups is 1. The van der Waals surface area contributed by atoms with Crippen LogP contribution in [-0.2, 0) is 11.2 Å². The summed E-state index contributed by atoms with van der Waals surface area (Å²) in [6.45, 7) is 1.73. The molecule has 1 aromatic carbocycles. The van der Waals surface area contributed by atoms with E-state index in [2.05, 4.69) is 0 Å². The van der Waals surface area contributed by atoms with Crippen molar-refractivity contribution in [3.63, 3.8) is 0 Å². The van der Waals surface area contributed by atoms with Gasteiger partial charge in [0.15, 0.2) is 0 Å². The lowest BCUT2D eigenvalue weighted by atomic mass is 10.0. The van der Waals surface area contributed by atoms with Crippen molar-refractivity contribution in [2.45, 2.75) is 18.2 Å². The molecule has 3 heteroatoms. The van der Waals surface area contributed by atoms with Crippen LogP contribution in [0.25, 0.3) is 0 Å². The van der Waals surface area contributed by atoms with Gasteiger partial charge in [0.05, 0.1) is 5.92 Å². The second kappa shape index (κ2) is 5.05. The number of hydrogen-bond donors (Lipinski definition) is 1. The molecular weight excluding hydrogens is 196 g/mol. The Balaban J connectivity index is 2.71. The van der Waals surface area contributed by atoms with Crippen molar-refractivity contribution in [3.05, 3.63) is 29.8 Å². The topological polar surface area (TPSA) is 37.3 Å². The Morgan fingerprint density at radius 2 is 2.29 bits per heavy atom. The zero-order valence-electron chi connectivity index (χ0n) is 8.36. The highest BCUT2D eigenvalue weighted by molar-refractivity contribution is 7.98. The van der Waals surface area contributed by atoms with Gasteiger partial charge >= 0.3 is 5.97 Å². The quantitative estimate of drug-likeness (QED) is 0.776. The van der Waals surface area contributed by atoms with Crippen LogP contribution in [0, 0.1) is 5.92 Å². The number of rotatable bonds is 4.